The van der Waals surface area contributed by atoms with Crippen molar-refractivity contribution in [1.29, 1.82) is 0 Å². The van der Waals surface area contributed by atoms with Crippen LogP contribution >= 0.6 is 0 Å². The molecule has 1 saturated heterocycles. The third kappa shape index (κ3) is 5.68. The number of amides is 1. The summed E-state index contributed by atoms with van der Waals surface area (Å²) in [6.45, 7) is 7.39. The molecule has 3 aromatic rings. The van der Waals surface area contributed by atoms with Gasteiger partial charge in [0.15, 0.2) is 5.03 Å². The average Bonchev–Trinajstić information content (AvgIpc) is 3.25. The Labute approximate surface area is 204 Å². The van der Waals surface area contributed by atoms with E-state index in [1.165, 1.54) is 18.2 Å². The Morgan fingerprint density at radius 3 is 2.60 bits per heavy atom. The van der Waals surface area contributed by atoms with Crippen LogP contribution < -0.4 is 20.1 Å². The number of hydrogen-bond donors (Lipinski definition) is 2. The van der Waals surface area contributed by atoms with Gasteiger partial charge in [-0.25, -0.2) is 19.7 Å². The highest BCUT2D eigenvalue weighted by Gasteiger charge is 2.28. The lowest BCUT2D eigenvalue weighted by atomic mass is 10.1. The SMILES string of the molecule is CC(C)Oc1ccc(-c2ccc(C(=O)NS(=O)(=O)c3cccc(N)n3)c(N3CC[C@@H](C)C3)n2)cn1. The molecule has 0 aromatic carbocycles. The van der Waals surface area contributed by atoms with Gasteiger partial charge in [-0.15, -0.1) is 0 Å². The van der Waals surface area contributed by atoms with E-state index in [1.54, 1.807) is 24.4 Å². The van der Waals surface area contributed by atoms with Crippen molar-refractivity contribution in [2.45, 2.75) is 38.3 Å². The first kappa shape index (κ1) is 24.4. The minimum Gasteiger partial charge on any atom is -0.475 e. The fourth-order valence-electron chi connectivity index (χ4n) is 3.81. The zero-order chi connectivity index (χ0) is 25.2. The molecule has 184 valence electrons. The van der Waals surface area contributed by atoms with Crippen LogP contribution in [0, 0.1) is 5.92 Å². The molecular formula is C24H28N6O4S. The van der Waals surface area contributed by atoms with Crippen molar-refractivity contribution in [3.63, 3.8) is 0 Å². The van der Waals surface area contributed by atoms with E-state index in [9.17, 15) is 13.2 Å². The number of rotatable bonds is 7. The number of pyridine rings is 3. The molecular weight excluding hydrogens is 468 g/mol. The number of aromatic nitrogens is 3. The average molecular weight is 497 g/mol. The van der Waals surface area contributed by atoms with Crippen LogP contribution in [0.1, 0.15) is 37.6 Å². The monoisotopic (exact) mass is 496 g/mol. The van der Waals surface area contributed by atoms with Crippen LogP contribution in [-0.2, 0) is 10.0 Å². The predicted octanol–water partition coefficient (Wildman–Crippen LogP) is 2.87. The highest BCUT2D eigenvalue weighted by molar-refractivity contribution is 7.90. The van der Waals surface area contributed by atoms with Crippen LogP contribution in [0.5, 0.6) is 5.88 Å². The first-order chi connectivity index (χ1) is 16.6. The van der Waals surface area contributed by atoms with E-state index in [2.05, 4.69) is 21.6 Å². The summed E-state index contributed by atoms with van der Waals surface area (Å²) in [5.74, 6) is 0.597. The largest absolute Gasteiger partial charge is 0.475 e. The molecule has 4 rings (SSSR count). The zero-order valence-corrected chi connectivity index (χ0v) is 20.6. The van der Waals surface area contributed by atoms with Gasteiger partial charge in [0, 0.05) is 30.9 Å². The van der Waals surface area contributed by atoms with Gasteiger partial charge >= 0.3 is 0 Å². The second kappa shape index (κ2) is 9.87. The van der Waals surface area contributed by atoms with Crippen LogP contribution in [0.4, 0.5) is 11.6 Å². The molecule has 0 unspecified atom stereocenters. The van der Waals surface area contributed by atoms with Gasteiger partial charge in [0.05, 0.1) is 17.4 Å². The topological polar surface area (TPSA) is 140 Å². The minimum atomic E-state index is -4.22. The van der Waals surface area contributed by atoms with Crippen LogP contribution in [-0.4, -0.2) is 48.5 Å². The molecule has 10 nitrogen and oxygen atoms in total. The molecule has 0 aliphatic carbocycles. The van der Waals surface area contributed by atoms with Gasteiger partial charge in [-0.2, -0.15) is 8.42 Å². The number of nitrogen functional groups attached to an aromatic ring is 1. The van der Waals surface area contributed by atoms with Crippen molar-refractivity contribution in [2.75, 3.05) is 23.7 Å². The Bertz CT molecular complexity index is 1330. The van der Waals surface area contributed by atoms with Crippen LogP contribution in [0.3, 0.4) is 0 Å². The van der Waals surface area contributed by atoms with Crippen molar-refractivity contribution in [3.8, 4) is 17.1 Å². The number of nitrogens with zero attached hydrogens (tertiary/aromatic N) is 4. The van der Waals surface area contributed by atoms with Gasteiger partial charge in [-0.05, 0) is 56.5 Å². The molecule has 0 saturated carbocycles. The van der Waals surface area contributed by atoms with Crippen molar-refractivity contribution < 1.29 is 17.9 Å². The predicted molar refractivity (Wildman–Crippen MR) is 133 cm³/mol. The summed E-state index contributed by atoms with van der Waals surface area (Å²) >= 11 is 0. The van der Waals surface area contributed by atoms with Crippen molar-refractivity contribution >= 4 is 27.6 Å². The summed E-state index contributed by atoms with van der Waals surface area (Å²) in [6.07, 6.45) is 2.61. The second-order valence-corrected chi connectivity index (χ2v) is 10.4. The molecule has 0 bridgehead atoms. The van der Waals surface area contributed by atoms with E-state index < -0.39 is 15.9 Å². The van der Waals surface area contributed by atoms with E-state index in [0.29, 0.717) is 36.4 Å². The maximum atomic E-state index is 13.1. The lowest BCUT2D eigenvalue weighted by Gasteiger charge is -2.21. The second-order valence-electron chi connectivity index (χ2n) is 8.79. The summed E-state index contributed by atoms with van der Waals surface area (Å²) in [4.78, 5) is 28.0. The number of carbonyl (C=O) groups is 1. The molecule has 0 radical (unpaired) electrons. The minimum absolute atomic E-state index is 0.00633. The fraction of sp³-hybridized carbons (Fsp3) is 0.333. The van der Waals surface area contributed by atoms with Gasteiger partial charge in [-0.1, -0.05) is 13.0 Å². The maximum absolute atomic E-state index is 13.1. The lowest BCUT2D eigenvalue weighted by molar-refractivity contribution is 0.0981. The van der Waals surface area contributed by atoms with Gasteiger partial charge < -0.3 is 15.4 Å². The standard InChI is InChI=1S/C24H28N6O4S/c1-15(2)34-21-10-7-17(13-26-21)19-9-8-18(23(27-19)30-12-11-16(3)14-30)24(31)29-35(32,33)22-6-4-5-20(25)28-22/h4-10,13,15-16H,11-12,14H2,1-3H3,(H2,25,28)(H,29,31)/t16-/m1/s1. The molecule has 4 heterocycles. The normalized spacial score (nSPS) is 15.9. The molecule has 35 heavy (non-hydrogen) atoms. The highest BCUT2D eigenvalue weighted by atomic mass is 32.2. The Morgan fingerprint density at radius 1 is 1.17 bits per heavy atom. The quantitative estimate of drug-likeness (QED) is 0.505. The third-order valence-corrected chi connectivity index (χ3v) is 6.71. The summed E-state index contributed by atoms with van der Waals surface area (Å²) in [5, 5.41) is -0.332. The van der Waals surface area contributed by atoms with E-state index in [4.69, 9.17) is 15.5 Å². The zero-order valence-electron chi connectivity index (χ0n) is 19.8. The molecule has 1 aliphatic heterocycles. The highest BCUT2D eigenvalue weighted by Crippen LogP contribution is 2.29. The van der Waals surface area contributed by atoms with Crippen LogP contribution in [0.15, 0.2) is 53.7 Å². The van der Waals surface area contributed by atoms with Crippen LogP contribution in [0.25, 0.3) is 11.3 Å². The Morgan fingerprint density at radius 2 is 1.97 bits per heavy atom. The molecule has 3 aromatic heterocycles. The van der Waals surface area contributed by atoms with Gasteiger partial charge in [-0.3, -0.25) is 4.79 Å². The van der Waals surface area contributed by atoms with Crippen molar-refractivity contribution in [1.82, 2.24) is 19.7 Å². The first-order valence-electron chi connectivity index (χ1n) is 11.3. The number of hydrogen-bond acceptors (Lipinski definition) is 9. The summed E-state index contributed by atoms with van der Waals surface area (Å²) in [7, 11) is -4.22. The summed E-state index contributed by atoms with van der Waals surface area (Å²) < 4.78 is 33.2. The molecule has 1 amide bonds. The molecule has 1 fully saturated rings. The Kier molecular flexibility index (Phi) is 6.88. The summed E-state index contributed by atoms with van der Waals surface area (Å²) in [6, 6.07) is 11.1. The van der Waals surface area contributed by atoms with E-state index >= 15 is 0 Å². The van der Waals surface area contributed by atoms with Gasteiger partial charge in [0.2, 0.25) is 5.88 Å². The number of nitrogens with one attached hydrogen (secondary N) is 1. The van der Waals surface area contributed by atoms with Crippen molar-refractivity contribution in [3.05, 3.63) is 54.2 Å². The fourth-order valence-corrected chi connectivity index (χ4v) is 4.75. The Balaban J connectivity index is 1.67. The molecule has 3 N–H and O–H groups in total. The van der Waals surface area contributed by atoms with E-state index in [0.717, 1.165) is 12.0 Å². The molecule has 11 heteroatoms. The smallest absolute Gasteiger partial charge is 0.281 e. The molecule has 1 aliphatic rings. The third-order valence-electron chi connectivity index (χ3n) is 5.48. The lowest BCUT2D eigenvalue weighted by Crippen LogP contribution is -2.33. The number of ether oxygens (including phenoxy) is 1. The van der Waals surface area contributed by atoms with Crippen molar-refractivity contribution in [2.24, 2.45) is 5.92 Å². The molecule has 1 atom stereocenters. The van der Waals surface area contributed by atoms with Crippen LogP contribution in [0.2, 0.25) is 0 Å². The first-order valence-corrected chi connectivity index (χ1v) is 12.8. The summed E-state index contributed by atoms with van der Waals surface area (Å²) in [5.41, 5.74) is 7.12. The van der Waals surface area contributed by atoms with Gasteiger partial charge in [0.25, 0.3) is 15.9 Å². The number of anilines is 2. The molecule has 0 spiro atoms. The number of nitrogens with two attached hydrogens (primary N) is 1. The van der Waals surface area contributed by atoms with E-state index in [-0.39, 0.29) is 22.5 Å². The number of sulfonamides is 1. The number of carbonyl (C=O) groups excluding carboxylic acids is 1. The van der Waals surface area contributed by atoms with E-state index in [1.807, 2.05) is 24.8 Å². The maximum Gasteiger partial charge on any atom is 0.281 e. The Hall–Kier alpha value is -3.73. The van der Waals surface area contributed by atoms with Gasteiger partial charge in [0.1, 0.15) is 11.6 Å².